The third-order valence-corrected chi connectivity index (χ3v) is 4.83. The maximum Gasteiger partial charge on any atom is 0.0611 e. The van der Waals surface area contributed by atoms with Crippen LogP contribution in [0.3, 0.4) is 0 Å². The molecule has 2 rings (SSSR count). The number of aliphatic hydroxyl groups is 1. The zero-order valence-corrected chi connectivity index (χ0v) is 12.7. The third kappa shape index (κ3) is 5.17. The first-order chi connectivity index (χ1) is 9.11. The molecular formula is C16H25NOS. The monoisotopic (exact) mass is 279 g/mol. The molecule has 3 heteroatoms. The first kappa shape index (κ1) is 14.9. The average Bonchev–Trinajstić information content (AvgIpc) is 3.21. The molecule has 106 valence electrons. The van der Waals surface area contributed by atoms with E-state index in [0.717, 1.165) is 12.2 Å². The van der Waals surface area contributed by atoms with Gasteiger partial charge in [-0.2, -0.15) is 11.8 Å². The molecule has 2 nitrogen and oxygen atoms in total. The van der Waals surface area contributed by atoms with Gasteiger partial charge in [0.2, 0.25) is 0 Å². The lowest BCUT2D eigenvalue weighted by molar-refractivity contribution is 0.164. The summed E-state index contributed by atoms with van der Waals surface area (Å²) in [7, 11) is 0. The number of aliphatic hydroxyl groups excluding tert-OH is 1. The van der Waals surface area contributed by atoms with Gasteiger partial charge >= 0.3 is 0 Å². The van der Waals surface area contributed by atoms with E-state index in [2.05, 4.69) is 49.5 Å². The highest BCUT2D eigenvalue weighted by Crippen LogP contribution is 2.28. The second-order valence-corrected chi connectivity index (χ2v) is 7.38. The van der Waals surface area contributed by atoms with E-state index in [9.17, 15) is 5.11 Å². The van der Waals surface area contributed by atoms with Gasteiger partial charge in [0.05, 0.1) is 6.61 Å². The van der Waals surface area contributed by atoms with Crippen LogP contribution in [-0.2, 0) is 5.75 Å². The molecule has 1 fully saturated rings. The zero-order chi connectivity index (χ0) is 13.7. The summed E-state index contributed by atoms with van der Waals surface area (Å²) in [6, 6.07) is 11.2. The highest BCUT2D eigenvalue weighted by atomic mass is 32.2. The zero-order valence-electron chi connectivity index (χ0n) is 11.9. The van der Waals surface area contributed by atoms with Crippen molar-refractivity contribution in [2.45, 2.75) is 55.7 Å². The van der Waals surface area contributed by atoms with Crippen LogP contribution in [0.15, 0.2) is 30.3 Å². The van der Waals surface area contributed by atoms with Crippen molar-refractivity contribution in [3.05, 3.63) is 35.9 Å². The first-order valence-electron chi connectivity index (χ1n) is 7.15. The normalized spacial score (nSPS) is 19.9. The Balaban J connectivity index is 1.77. The second-order valence-electron chi connectivity index (χ2n) is 5.95. The van der Waals surface area contributed by atoms with E-state index < -0.39 is 0 Å². The van der Waals surface area contributed by atoms with Crippen molar-refractivity contribution in [3.8, 4) is 0 Å². The Morgan fingerprint density at radius 3 is 2.63 bits per heavy atom. The quantitative estimate of drug-likeness (QED) is 0.766. The molecule has 1 aliphatic rings. The van der Waals surface area contributed by atoms with Crippen LogP contribution in [0.5, 0.6) is 0 Å². The highest BCUT2D eigenvalue weighted by molar-refractivity contribution is 7.99. The number of benzene rings is 1. The molecule has 1 saturated carbocycles. The minimum absolute atomic E-state index is 0.121. The van der Waals surface area contributed by atoms with Crippen LogP contribution in [0, 0.1) is 0 Å². The van der Waals surface area contributed by atoms with Crippen LogP contribution in [0.4, 0.5) is 0 Å². The van der Waals surface area contributed by atoms with Crippen LogP contribution in [0.1, 0.15) is 38.7 Å². The minimum atomic E-state index is -0.121. The lowest BCUT2D eigenvalue weighted by Crippen LogP contribution is -2.48. The lowest BCUT2D eigenvalue weighted by atomic mass is 9.97. The maximum atomic E-state index is 9.62. The van der Waals surface area contributed by atoms with Gasteiger partial charge in [-0.15, -0.1) is 0 Å². The number of nitrogens with one attached hydrogen (secondary N) is 1. The fourth-order valence-corrected chi connectivity index (χ4v) is 3.55. The van der Waals surface area contributed by atoms with Gasteiger partial charge in [-0.1, -0.05) is 37.3 Å². The van der Waals surface area contributed by atoms with Crippen LogP contribution in [0.25, 0.3) is 0 Å². The average molecular weight is 279 g/mol. The molecule has 0 radical (unpaired) electrons. The molecule has 1 aromatic carbocycles. The molecule has 0 aliphatic heterocycles. The summed E-state index contributed by atoms with van der Waals surface area (Å²) < 4.78 is 0. The molecule has 0 spiro atoms. The van der Waals surface area contributed by atoms with Gasteiger partial charge in [0.1, 0.15) is 0 Å². The Bertz CT molecular complexity index is 380. The van der Waals surface area contributed by atoms with Crippen molar-refractivity contribution in [2.75, 3.05) is 6.61 Å². The van der Waals surface area contributed by atoms with Crippen molar-refractivity contribution in [3.63, 3.8) is 0 Å². The van der Waals surface area contributed by atoms with Crippen molar-refractivity contribution in [1.29, 1.82) is 0 Å². The molecule has 0 amide bonds. The van der Waals surface area contributed by atoms with Gasteiger partial charge in [0.25, 0.3) is 0 Å². The summed E-state index contributed by atoms with van der Waals surface area (Å²) in [5.41, 5.74) is 1.25. The third-order valence-electron chi connectivity index (χ3n) is 3.59. The van der Waals surface area contributed by atoms with Crippen LogP contribution in [0.2, 0.25) is 0 Å². The molecular weight excluding hydrogens is 254 g/mol. The summed E-state index contributed by atoms with van der Waals surface area (Å²) in [6.07, 6.45) is 3.54. The summed E-state index contributed by atoms with van der Waals surface area (Å²) in [5, 5.41) is 13.8. The fourth-order valence-electron chi connectivity index (χ4n) is 2.40. The molecule has 2 unspecified atom stereocenters. The molecule has 0 aromatic heterocycles. The van der Waals surface area contributed by atoms with Crippen LogP contribution in [-0.4, -0.2) is 28.5 Å². The Labute approximate surface area is 121 Å². The molecule has 0 bridgehead atoms. The molecule has 19 heavy (non-hydrogen) atoms. The van der Waals surface area contributed by atoms with E-state index in [1.54, 1.807) is 0 Å². The Morgan fingerprint density at radius 2 is 2.05 bits per heavy atom. The van der Waals surface area contributed by atoms with E-state index in [1.165, 1.54) is 18.4 Å². The molecule has 0 heterocycles. The predicted octanol–water partition coefficient (Wildman–Crippen LogP) is 3.20. The van der Waals surface area contributed by atoms with Crippen molar-refractivity contribution >= 4 is 11.8 Å². The van der Waals surface area contributed by atoms with Gasteiger partial charge < -0.3 is 10.4 Å². The van der Waals surface area contributed by atoms with Crippen LogP contribution >= 0.6 is 11.8 Å². The summed E-state index contributed by atoms with van der Waals surface area (Å²) in [4.78, 5) is 0. The number of hydrogen-bond acceptors (Lipinski definition) is 3. The second kappa shape index (κ2) is 6.78. The Kier molecular flexibility index (Phi) is 5.31. The topological polar surface area (TPSA) is 32.3 Å². The smallest absolute Gasteiger partial charge is 0.0611 e. The summed E-state index contributed by atoms with van der Waals surface area (Å²) >= 11 is 1.97. The van der Waals surface area contributed by atoms with E-state index in [-0.39, 0.29) is 12.1 Å². The number of rotatable bonds is 8. The van der Waals surface area contributed by atoms with Gasteiger partial charge in [0.15, 0.2) is 0 Å². The SMILES string of the molecule is CC(CC(C)(CO)NC1CC1)SCc1ccccc1. The Morgan fingerprint density at radius 1 is 1.37 bits per heavy atom. The lowest BCUT2D eigenvalue weighted by Gasteiger charge is -2.31. The molecule has 2 N–H and O–H groups in total. The Hall–Kier alpha value is -0.510. The number of hydrogen-bond donors (Lipinski definition) is 2. The summed E-state index contributed by atoms with van der Waals surface area (Å²) in [5.74, 6) is 1.05. The minimum Gasteiger partial charge on any atom is -0.394 e. The largest absolute Gasteiger partial charge is 0.394 e. The van der Waals surface area contributed by atoms with Crippen molar-refractivity contribution < 1.29 is 5.11 Å². The van der Waals surface area contributed by atoms with Gasteiger partial charge in [-0.3, -0.25) is 0 Å². The molecule has 2 atom stereocenters. The first-order valence-corrected chi connectivity index (χ1v) is 8.20. The molecule has 0 saturated heterocycles. The van der Waals surface area contributed by atoms with E-state index in [0.29, 0.717) is 11.3 Å². The van der Waals surface area contributed by atoms with Crippen molar-refractivity contribution in [2.24, 2.45) is 0 Å². The van der Waals surface area contributed by atoms with Crippen LogP contribution < -0.4 is 5.32 Å². The summed E-state index contributed by atoms with van der Waals surface area (Å²) in [6.45, 7) is 4.63. The van der Waals surface area contributed by atoms with Gasteiger partial charge in [-0.05, 0) is 31.7 Å². The van der Waals surface area contributed by atoms with Gasteiger partial charge in [0, 0.05) is 22.6 Å². The predicted molar refractivity (Wildman–Crippen MR) is 83.5 cm³/mol. The fraction of sp³-hybridized carbons (Fsp3) is 0.625. The maximum absolute atomic E-state index is 9.62. The molecule has 1 aliphatic carbocycles. The highest BCUT2D eigenvalue weighted by Gasteiger charge is 2.33. The molecule has 1 aromatic rings. The van der Waals surface area contributed by atoms with Crippen molar-refractivity contribution in [1.82, 2.24) is 5.32 Å². The number of thioether (sulfide) groups is 1. The van der Waals surface area contributed by atoms with Gasteiger partial charge in [-0.25, -0.2) is 0 Å². The van der Waals surface area contributed by atoms with E-state index >= 15 is 0 Å². The standard InChI is InChI=1S/C16H25NOS/c1-13(19-11-14-6-4-3-5-7-14)10-16(2,12-18)17-15-8-9-15/h3-7,13,15,17-18H,8-12H2,1-2H3. The van der Waals surface area contributed by atoms with E-state index in [4.69, 9.17) is 0 Å². The van der Waals surface area contributed by atoms with E-state index in [1.807, 2.05) is 11.8 Å².